The molecule has 0 aromatic heterocycles. The quantitative estimate of drug-likeness (QED) is 0.774. The Balaban J connectivity index is 1.55. The average Bonchev–Trinajstić information content (AvgIpc) is 2.72. The fraction of sp³-hybridized carbons (Fsp3) is 0.478. The smallest absolute Gasteiger partial charge is 0.142 e. The van der Waals surface area contributed by atoms with Crippen LogP contribution in [0.4, 0.5) is 11.4 Å². The molecule has 0 aliphatic carbocycles. The van der Waals surface area contributed by atoms with Gasteiger partial charge in [-0.2, -0.15) is 0 Å². The van der Waals surface area contributed by atoms with Gasteiger partial charge in [0, 0.05) is 24.3 Å². The molecule has 1 aliphatic rings. The molecule has 1 aliphatic heterocycles. The zero-order chi connectivity index (χ0) is 19.1. The standard InChI is InChI=1S/C23H33N3O/c1-4-25(5-2)21-13-11-20(12-14-21)19-24-15-17-26(18-16-24)22-9-7-8-10-23(22)27-6-3/h7-14H,4-6,15-19H2,1-3H3/p+1. The van der Waals surface area contributed by atoms with E-state index in [0.717, 1.165) is 51.6 Å². The maximum absolute atomic E-state index is 5.81. The van der Waals surface area contributed by atoms with Gasteiger partial charge in [-0.25, -0.2) is 0 Å². The third-order valence-electron chi connectivity index (χ3n) is 5.50. The Morgan fingerprint density at radius 2 is 1.59 bits per heavy atom. The molecule has 0 radical (unpaired) electrons. The van der Waals surface area contributed by atoms with Crippen molar-refractivity contribution in [1.29, 1.82) is 0 Å². The number of nitrogens with one attached hydrogen (secondary N) is 1. The van der Waals surface area contributed by atoms with E-state index in [1.165, 1.54) is 16.9 Å². The fourth-order valence-corrected chi connectivity index (χ4v) is 3.94. The van der Waals surface area contributed by atoms with E-state index in [9.17, 15) is 0 Å². The minimum Gasteiger partial charge on any atom is -0.492 e. The van der Waals surface area contributed by atoms with Crippen LogP contribution in [0.1, 0.15) is 26.3 Å². The highest BCUT2D eigenvalue weighted by Gasteiger charge is 2.22. The molecule has 1 saturated heterocycles. The number of anilines is 2. The molecule has 4 heteroatoms. The Morgan fingerprint density at radius 1 is 0.926 bits per heavy atom. The number of nitrogens with zero attached hydrogens (tertiary/aromatic N) is 2. The summed E-state index contributed by atoms with van der Waals surface area (Å²) >= 11 is 0. The van der Waals surface area contributed by atoms with E-state index in [4.69, 9.17) is 4.74 Å². The summed E-state index contributed by atoms with van der Waals surface area (Å²) in [4.78, 5) is 6.53. The molecule has 4 nitrogen and oxygen atoms in total. The van der Waals surface area contributed by atoms with Crippen LogP contribution < -0.4 is 19.4 Å². The molecule has 0 bridgehead atoms. The second-order valence-electron chi connectivity index (χ2n) is 7.15. The van der Waals surface area contributed by atoms with Crippen LogP contribution in [-0.4, -0.2) is 45.9 Å². The van der Waals surface area contributed by atoms with Crippen molar-refractivity contribution in [2.45, 2.75) is 27.3 Å². The van der Waals surface area contributed by atoms with Crippen LogP contribution in [0, 0.1) is 0 Å². The number of rotatable bonds is 8. The number of hydrogen-bond donors (Lipinski definition) is 1. The molecule has 3 rings (SSSR count). The Morgan fingerprint density at radius 3 is 2.22 bits per heavy atom. The zero-order valence-corrected chi connectivity index (χ0v) is 17.1. The molecule has 0 unspecified atom stereocenters. The Labute approximate surface area is 164 Å². The molecule has 0 amide bonds. The van der Waals surface area contributed by atoms with Crippen molar-refractivity contribution in [3.8, 4) is 5.75 Å². The van der Waals surface area contributed by atoms with Gasteiger partial charge in [0.15, 0.2) is 0 Å². The van der Waals surface area contributed by atoms with Crippen molar-refractivity contribution in [3.05, 3.63) is 54.1 Å². The fourth-order valence-electron chi connectivity index (χ4n) is 3.94. The summed E-state index contributed by atoms with van der Waals surface area (Å²) in [6, 6.07) is 17.6. The van der Waals surface area contributed by atoms with Crippen LogP contribution >= 0.6 is 0 Å². The van der Waals surface area contributed by atoms with Gasteiger partial charge in [0.25, 0.3) is 0 Å². The molecule has 146 valence electrons. The summed E-state index contributed by atoms with van der Waals surface area (Å²) in [5.41, 5.74) is 4.00. The number of benzene rings is 2. The second kappa shape index (κ2) is 9.65. The van der Waals surface area contributed by atoms with Crippen molar-refractivity contribution in [2.75, 3.05) is 55.7 Å². The predicted molar refractivity (Wildman–Crippen MR) is 114 cm³/mol. The van der Waals surface area contributed by atoms with Gasteiger partial charge < -0.3 is 19.4 Å². The minimum atomic E-state index is 0.714. The summed E-state index contributed by atoms with van der Waals surface area (Å²) in [5.74, 6) is 1.01. The zero-order valence-electron chi connectivity index (χ0n) is 17.1. The maximum atomic E-state index is 5.81. The Hall–Kier alpha value is -2.20. The van der Waals surface area contributed by atoms with Gasteiger partial charge in [0.05, 0.1) is 38.5 Å². The lowest BCUT2D eigenvalue weighted by Gasteiger charge is -2.34. The minimum absolute atomic E-state index is 0.714. The van der Waals surface area contributed by atoms with E-state index in [1.54, 1.807) is 4.90 Å². The first kappa shape index (κ1) is 19.6. The van der Waals surface area contributed by atoms with Crippen molar-refractivity contribution in [2.24, 2.45) is 0 Å². The van der Waals surface area contributed by atoms with Crippen molar-refractivity contribution < 1.29 is 9.64 Å². The molecule has 1 fully saturated rings. The molecule has 2 aromatic rings. The van der Waals surface area contributed by atoms with E-state index in [1.807, 2.05) is 6.92 Å². The third-order valence-corrected chi connectivity index (χ3v) is 5.50. The molecule has 27 heavy (non-hydrogen) atoms. The number of piperazine rings is 1. The van der Waals surface area contributed by atoms with E-state index in [-0.39, 0.29) is 0 Å². The van der Waals surface area contributed by atoms with Crippen molar-refractivity contribution in [1.82, 2.24) is 0 Å². The normalized spacial score (nSPS) is 15.0. The molecule has 0 atom stereocenters. The molecule has 0 saturated carbocycles. The lowest BCUT2D eigenvalue weighted by Crippen LogP contribution is -3.13. The van der Waals surface area contributed by atoms with Crippen LogP contribution in [0.2, 0.25) is 0 Å². The van der Waals surface area contributed by atoms with Gasteiger partial charge in [-0.1, -0.05) is 24.3 Å². The second-order valence-corrected chi connectivity index (χ2v) is 7.15. The highest BCUT2D eigenvalue weighted by molar-refractivity contribution is 5.58. The highest BCUT2D eigenvalue weighted by Crippen LogP contribution is 2.27. The first-order valence-electron chi connectivity index (χ1n) is 10.4. The third kappa shape index (κ3) is 4.95. The summed E-state index contributed by atoms with van der Waals surface area (Å²) in [6.07, 6.45) is 0. The van der Waals surface area contributed by atoms with Gasteiger partial charge >= 0.3 is 0 Å². The van der Waals surface area contributed by atoms with Crippen LogP contribution in [0.5, 0.6) is 5.75 Å². The largest absolute Gasteiger partial charge is 0.492 e. The summed E-state index contributed by atoms with van der Waals surface area (Å²) < 4.78 is 5.81. The van der Waals surface area contributed by atoms with Gasteiger partial charge in [-0.3, -0.25) is 0 Å². The van der Waals surface area contributed by atoms with Crippen molar-refractivity contribution >= 4 is 11.4 Å². The predicted octanol–water partition coefficient (Wildman–Crippen LogP) is 2.84. The number of ether oxygens (including phenoxy) is 1. The number of para-hydroxylation sites is 2. The van der Waals surface area contributed by atoms with Gasteiger partial charge in [0.2, 0.25) is 0 Å². The lowest BCUT2D eigenvalue weighted by atomic mass is 10.1. The van der Waals surface area contributed by atoms with Crippen molar-refractivity contribution in [3.63, 3.8) is 0 Å². The van der Waals surface area contributed by atoms with Gasteiger partial charge in [-0.05, 0) is 45.0 Å². The van der Waals surface area contributed by atoms with E-state index >= 15 is 0 Å². The Bertz CT molecular complexity index is 689. The van der Waals surface area contributed by atoms with Crippen LogP contribution in [0.15, 0.2) is 48.5 Å². The molecule has 0 spiro atoms. The molecule has 2 aromatic carbocycles. The van der Waals surface area contributed by atoms with E-state index in [0.29, 0.717) is 6.61 Å². The van der Waals surface area contributed by atoms with E-state index in [2.05, 4.69) is 72.2 Å². The summed E-state index contributed by atoms with van der Waals surface area (Å²) in [7, 11) is 0. The summed E-state index contributed by atoms with van der Waals surface area (Å²) in [6.45, 7) is 14.9. The van der Waals surface area contributed by atoms with E-state index < -0.39 is 0 Å². The lowest BCUT2D eigenvalue weighted by molar-refractivity contribution is -0.914. The SMILES string of the molecule is CCOc1ccccc1N1CC[NH+](Cc2ccc(N(CC)CC)cc2)CC1. The monoisotopic (exact) mass is 368 g/mol. The molecular weight excluding hydrogens is 334 g/mol. The maximum Gasteiger partial charge on any atom is 0.142 e. The number of hydrogen-bond acceptors (Lipinski definition) is 3. The molecule has 1 heterocycles. The topological polar surface area (TPSA) is 20.1 Å². The number of quaternary nitrogens is 1. The molecule has 1 N–H and O–H groups in total. The first-order valence-corrected chi connectivity index (χ1v) is 10.4. The van der Waals surface area contributed by atoms with Crippen LogP contribution in [0.25, 0.3) is 0 Å². The first-order chi connectivity index (χ1) is 13.2. The van der Waals surface area contributed by atoms with Gasteiger partial charge in [-0.15, -0.1) is 0 Å². The van der Waals surface area contributed by atoms with Crippen LogP contribution in [-0.2, 0) is 6.54 Å². The average molecular weight is 369 g/mol. The highest BCUT2D eigenvalue weighted by atomic mass is 16.5. The Kier molecular flexibility index (Phi) is 6.99. The summed E-state index contributed by atoms with van der Waals surface area (Å²) in [5, 5.41) is 0. The van der Waals surface area contributed by atoms with Crippen LogP contribution in [0.3, 0.4) is 0 Å². The molecular formula is C23H34N3O+. The van der Waals surface area contributed by atoms with Gasteiger partial charge in [0.1, 0.15) is 12.3 Å².